The molecule has 28 heavy (non-hydrogen) atoms. The number of fused-ring (bicyclic) bond motifs is 3. The maximum atomic E-state index is 12.2. The van der Waals surface area contributed by atoms with Gasteiger partial charge in [-0.25, -0.2) is 14.3 Å². The molecule has 142 valence electrons. The van der Waals surface area contributed by atoms with Crippen molar-refractivity contribution in [2.24, 2.45) is 0 Å². The van der Waals surface area contributed by atoms with Gasteiger partial charge in [0, 0.05) is 17.0 Å². The summed E-state index contributed by atoms with van der Waals surface area (Å²) in [7, 11) is 0. The zero-order valence-electron chi connectivity index (χ0n) is 15.4. The molecule has 2 aliphatic carbocycles. The third-order valence-corrected chi connectivity index (χ3v) is 6.40. The number of carbonyl (C=O) groups is 1. The van der Waals surface area contributed by atoms with Crippen LogP contribution in [0.4, 0.5) is 0 Å². The van der Waals surface area contributed by atoms with Gasteiger partial charge >= 0.3 is 5.97 Å². The molecule has 3 aromatic rings. The van der Waals surface area contributed by atoms with Crippen LogP contribution in [0.25, 0.3) is 5.65 Å². The van der Waals surface area contributed by atoms with Crippen LogP contribution in [0.2, 0.25) is 5.15 Å². The van der Waals surface area contributed by atoms with Crippen molar-refractivity contribution in [1.82, 2.24) is 14.6 Å². The van der Waals surface area contributed by atoms with E-state index < -0.39 is 0 Å². The van der Waals surface area contributed by atoms with Gasteiger partial charge in [-0.15, -0.1) is 0 Å². The molecule has 0 saturated heterocycles. The first-order chi connectivity index (χ1) is 13.7. The molecule has 0 unspecified atom stereocenters. The SMILES string of the molecule is O=C(OC/C=C1\Cc2c(nc3ccnn3c2Cl)C12CCCC2)c1ccccc1. The minimum atomic E-state index is -0.303. The monoisotopic (exact) mass is 393 g/mol. The quantitative estimate of drug-likeness (QED) is 0.372. The lowest BCUT2D eigenvalue weighted by Gasteiger charge is -2.26. The predicted molar refractivity (Wildman–Crippen MR) is 107 cm³/mol. The number of allylic oxidation sites excluding steroid dienone is 1. The summed E-state index contributed by atoms with van der Waals surface area (Å²) in [6, 6.07) is 11.0. The van der Waals surface area contributed by atoms with Gasteiger partial charge in [-0.1, -0.05) is 48.2 Å². The lowest BCUT2D eigenvalue weighted by Crippen LogP contribution is -2.23. The number of hydrogen-bond acceptors (Lipinski definition) is 4. The fraction of sp³-hybridized carbons (Fsp3) is 0.318. The Bertz CT molecular complexity index is 1080. The average molecular weight is 394 g/mol. The van der Waals surface area contributed by atoms with Gasteiger partial charge in [0.2, 0.25) is 0 Å². The molecule has 1 fully saturated rings. The molecule has 2 aromatic heterocycles. The third kappa shape index (κ3) is 2.65. The zero-order chi connectivity index (χ0) is 19.1. The molecule has 5 rings (SSSR count). The van der Waals surface area contributed by atoms with Crippen molar-refractivity contribution in [2.75, 3.05) is 6.61 Å². The van der Waals surface area contributed by atoms with Gasteiger partial charge in [0.1, 0.15) is 11.8 Å². The highest BCUT2D eigenvalue weighted by Gasteiger charge is 2.47. The maximum absolute atomic E-state index is 12.2. The van der Waals surface area contributed by atoms with Crippen LogP contribution >= 0.6 is 11.6 Å². The summed E-state index contributed by atoms with van der Waals surface area (Å²) in [6.45, 7) is 0.257. The van der Waals surface area contributed by atoms with Crippen LogP contribution in [0.3, 0.4) is 0 Å². The molecule has 5 nitrogen and oxygen atoms in total. The Morgan fingerprint density at radius 1 is 1.21 bits per heavy atom. The molecule has 2 aliphatic rings. The van der Waals surface area contributed by atoms with Crippen molar-refractivity contribution in [3.05, 3.63) is 76.2 Å². The number of aromatic nitrogens is 3. The van der Waals surface area contributed by atoms with Gasteiger partial charge in [0.25, 0.3) is 0 Å². The van der Waals surface area contributed by atoms with Crippen LogP contribution in [0.15, 0.2) is 54.2 Å². The smallest absolute Gasteiger partial charge is 0.338 e. The molecule has 0 aliphatic heterocycles. The minimum Gasteiger partial charge on any atom is -0.458 e. The highest BCUT2D eigenvalue weighted by molar-refractivity contribution is 6.30. The van der Waals surface area contributed by atoms with E-state index in [1.165, 1.54) is 18.4 Å². The van der Waals surface area contributed by atoms with Gasteiger partial charge in [-0.3, -0.25) is 0 Å². The predicted octanol–water partition coefficient (Wildman–Crippen LogP) is 4.53. The van der Waals surface area contributed by atoms with Crippen molar-refractivity contribution >= 4 is 23.2 Å². The molecule has 1 spiro atoms. The largest absolute Gasteiger partial charge is 0.458 e. The highest BCUT2D eigenvalue weighted by Crippen LogP contribution is 2.53. The Balaban J connectivity index is 1.45. The fourth-order valence-corrected chi connectivity index (χ4v) is 4.97. The first-order valence-electron chi connectivity index (χ1n) is 9.63. The Labute approximate surface area is 168 Å². The molecule has 0 atom stereocenters. The van der Waals surface area contributed by atoms with E-state index in [2.05, 4.69) is 11.2 Å². The van der Waals surface area contributed by atoms with Crippen LogP contribution < -0.4 is 0 Å². The van der Waals surface area contributed by atoms with E-state index in [1.54, 1.807) is 22.8 Å². The maximum Gasteiger partial charge on any atom is 0.338 e. The Kier molecular flexibility index (Phi) is 4.20. The minimum absolute atomic E-state index is 0.0792. The van der Waals surface area contributed by atoms with Crippen molar-refractivity contribution in [1.29, 1.82) is 0 Å². The molecule has 0 radical (unpaired) electrons. The number of esters is 1. The van der Waals surface area contributed by atoms with E-state index >= 15 is 0 Å². The number of nitrogens with zero attached hydrogens (tertiary/aromatic N) is 3. The number of rotatable bonds is 3. The second-order valence-corrected chi connectivity index (χ2v) is 7.85. The molecule has 1 aromatic carbocycles. The van der Waals surface area contributed by atoms with Crippen LogP contribution in [0.5, 0.6) is 0 Å². The summed E-state index contributed by atoms with van der Waals surface area (Å²) >= 11 is 6.67. The molecule has 2 heterocycles. The Hall–Kier alpha value is -2.66. The first-order valence-corrected chi connectivity index (χ1v) is 10.0. The summed E-state index contributed by atoms with van der Waals surface area (Å²) in [5, 5.41) is 4.93. The topological polar surface area (TPSA) is 56.5 Å². The van der Waals surface area contributed by atoms with E-state index in [1.807, 2.05) is 24.3 Å². The average Bonchev–Trinajstić information content (AvgIpc) is 3.45. The van der Waals surface area contributed by atoms with Gasteiger partial charge in [0.15, 0.2) is 5.65 Å². The molecule has 6 heteroatoms. The molecule has 0 bridgehead atoms. The number of ether oxygens (including phenoxy) is 1. The van der Waals surface area contributed by atoms with E-state index in [-0.39, 0.29) is 18.0 Å². The van der Waals surface area contributed by atoms with Gasteiger partial charge in [-0.05, 0) is 37.5 Å². The number of hydrogen-bond donors (Lipinski definition) is 0. The van der Waals surface area contributed by atoms with Crippen LogP contribution in [-0.2, 0) is 16.6 Å². The third-order valence-electron chi connectivity index (χ3n) is 6.02. The van der Waals surface area contributed by atoms with Crippen molar-refractivity contribution in [2.45, 2.75) is 37.5 Å². The summed E-state index contributed by atoms with van der Waals surface area (Å²) < 4.78 is 7.19. The lowest BCUT2D eigenvalue weighted by atomic mass is 9.79. The van der Waals surface area contributed by atoms with Crippen LogP contribution in [-0.4, -0.2) is 27.2 Å². The number of benzene rings is 1. The molecule has 0 amide bonds. The van der Waals surface area contributed by atoms with Gasteiger partial charge in [-0.2, -0.15) is 5.10 Å². The molecular weight excluding hydrogens is 374 g/mol. The summed E-state index contributed by atoms with van der Waals surface area (Å²) in [4.78, 5) is 17.2. The zero-order valence-corrected chi connectivity index (χ0v) is 16.2. The molecule has 0 N–H and O–H groups in total. The van der Waals surface area contributed by atoms with Crippen molar-refractivity contribution in [3.63, 3.8) is 0 Å². The fourth-order valence-electron chi connectivity index (χ4n) is 4.68. The first kappa shape index (κ1) is 17.4. The summed E-state index contributed by atoms with van der Waals surface area (Å²) in [5.74, 6) is -0.303. The summed E-state index contributed by atoms with van der Waals surface area (Å²) in [5.41, 5.74) is 4.68. The summed E-state index contributed by atoms with van der Waals surface area (Å²) in [6.07, 6.45) is 8.99. The van der Waals surface area contributed by atoms with E-state index in [4.69, 9.17) is 21.3 Å². The van der Waals surface area contributed by atoms with Crippen LogP contribution in [0.1, 0.15) is 47.3 Å². The van der Waals surface area contributed by atoms with Gasteiger partial charge < -0.3 is 4.74 Å². The molecular formula is C22H20ClN3O2. The highest BCUT2D eigenvalue weighted by atomic mass is 35.5. The van der Waals surface area contributed by atoms with Gasteiger partial charge in [0.05, 0.1) is 17.5 Å². The standard InChI is InChI=1S/C22H20ClN3O2/c23-20-17-14-16(9-13-28-21(27)15-6-2-1-3-7-15)22(10-4-5-11-22)19(17)25-18-8-12-24-26(18)20/h1-3,6-9,12H,4-5,10-11,13-14H2/b16-9+. The Morgan fingerprint density at radius 2 is 2.00 bits per heavy atom. The van der Waals surface area contributed by atoms with Crippen LogP contribution in [0, 0.1) is 0 Å². The number of halogens is 1. The van der Waals surface area contributed by atoms with E-state index in [0.717, 1.165) is 36.2 Å². The second-order valence-electron chi connectivity index (χ2n) is 7.49. The normalized spacial score (nSPS) is 18.8. The number of carbonyl (C=O) groups excluding carboxylic acids is 1. The molecule has 1 saturated carbocycles. The van der Waals surface area contributed by atoms with Crippen molar-refractivity contribution in [3.8, 4) is 0 Å². The Morgan fingerprint density at radius 3 is 2.79 bits per heavy atom. The van der Waals surface area contributed by atoms with E-state index in [0.29, 0.717) is 10.7 Å². The van der Waals surface area contributed by atoms with E-state index in [9.17, 15) is 4.79 Å². The van der Waals surface area contributed by atoms with Crippen molar-refractivity contribution < 1.29 is 9.53 Å². The lowest BCUT2D eigenvalue weighted by molar-refractivity contribution is 0.0548. The second kappa shape index (κ2) is 6.74.